The van der Waals surface area contributed by atoms with Gasteiger partial charge in [0.15, 0.2) is 11.4 Å². The van der Waals surface area contributed by atoms with Gasteiger partial charge in [-0.3, -0.25) is 9.59 Å². The topological polar surface area (TPSA) is 64.6 Å². The second kappa shape index (κ2) is 6.24. The number of halogens is 1. The molecule has 0 spiro atoms. The van der Waals surface area contributed by atoms with Gasteiger partial charge in [0.1, 0.15) is 5.75 Å². The summed E-state index contributed by atoms with van der Waals surface area (Å²) in [6.45, 7) is 5.72. The minimum absolute atomic E-state index is 0.314. The van der Waals surface area contributed by atoms with Crippen LogP contribution in [-0.2, 0) is 14.3 Å². The highest BCUT2D eigenvalue weighted by Gasteiger charge is 2.75. The fourth-order valence-electron chi connectivity index (χ4n) is 4.27. The summed E-state index contributed by atoms with van der Waals surface area (Å²) in [5.41, 5.74) is -2.06. The molecule has 1 heterocycles. The molecule has 5 nitrogen and oxygen atoms in total. The number of para-hydroxylation sites is 1. The van der Waals surface area contributed by atoms with Crippen LogP contribution in [0.25, 0.3) is 0 Å². The molecule has 0 unspecified atom stereocenters. The monoisotopic (exact) mass is 399 g/mol. The second-order valence-corrected chi connectivity index (χ2v) is 8.62. The van der Waals surface area contributed by atoms with Crippen molar-refractivity contribution < 1.29 is 19.1 Å². The molecule has 1 aliphatic heterocycles. The zero-order valence-electron chi connectivity index (χ0n) is 16.0. The molecule has 2 atom stereocenters. The lowest BCUT2D eigenvalue weighted by Gasteiger charge is -2.35. The Morgan fingerprint density at radius 2 is 1.82 bits per heavy atom. The number of carbonyl (C=O) groups is 2. The van der Waals surface area contributed by atoms with E-state index in [0.29, 0.717) is 35.1 Å². The van der Waals surface area contributed by atoms with Crippen LogP contribution in [0.15, 0.2) is 48.5 Å². The Bertz CT molecular complexity index is 958. The third-order valence-electron chi connectivity index (χ3n) is 6.61. The number of hydrogen-bond donors (Lipinski definition) is 1. The highest BCUT2D eigenvalue weighted by molar-refractivity contribution is 6.31. The molecule has 1 saturated heterocycles. The summed E-state index contributed by atoms with van der Waals surface area (Å²) in [6, 6.07) is 14.3. The van der Waals surface area contributed by atoms with E-state index < -0.39 is 16.4 Å². The minimum atomic E-state index is -1.20. The third kappa shape index (κ3) is 2.53. The molecular formula is C22H22ClNO4. The van der Waals surface area contributed by atoms with Crippen LogP contribution >= 0.6 is 11.6 Å². The Morgan fingerprint density at radius 3 is 2.43 bits per heavy atom. The van der Waals surface area contributed by atoms with Gasteiger partial charge in [0.2, 0.25) is 0 Å². The number of amides is 1. The van der Waals surface area contributed by atoms with Crippen molar-refractivity contribution in [3.8, 4) is 11.5 Å². The molecule has 2 fully saturated rings. The van der Waals surface area contributed by atoms with Gasteiger partial charge in [0.05, 0.1) is 11.1 Å². The molecule has 0 radical (unpaired) electrons. The van der Waals surface area contributed by atoms with Crippen molar-refractivity contribution >= 4 is 29.2 Å². The van der Waals surface area contributed by atoms with Crippen molar-refractivity contribution in [2.75, 3.05) is 5.32 Å². The summed E-state index contributed by atoms with van der Waals surface area (Å²) in [4.78, 5) is 25.8. The highest BCUT2D eigenvalue weighted by Crippen LogP contribution is 2.65. The van der Waals surface area contributed by atoms with Crippen LogP contribution in [-0.4, -0.2) is 17.5 Å². The number of fused-ring (bicyclic) bond motifs is 2. The van der Waals surface area contributed by atoms with E-state index >= 15 is 0 Å². The zero-order valence-corrected chi connectivity index (χ0v) is 16.8. The molecule has 2 aromatic rings. The highest BCUT2D eigenvalue weighted by atomic mass is 35.5. The molecule has 1 amide bonds. The van der Waals surface area contributed by atoms with E-state index in [-0.39, 0.29) is 11.9 Å². The molecule has 2 bridgehead atoms. The molecule has 4 rings (SSSR count). The number of nitrogens with one attached hydrogen (secondary N) is 1. The smallest absolute Gasteiger partial charge is 0.313 e. The van der Waals surface area contributed by atoms with Gasteiger partial charge in [-0.05, 0) is 50.1 Å². The molecule has 1 saturated carbocycles. The number of carbonyl (C=O) groups excluding carboxylic acids is 2. The van der Waals surface area contributed by atoms with Gasteiger partial charge in [-0.15, -0.1) is 0 Å². The van der Waals surface area contributed by atoms with Crippen molar-refractivity contribution in [1.29, 1.82) is 0 Å². The Hall–Kier alpha value is -2.53. The fourth-order valence-corrected chi connectivity index (χ4v) is 4.45. The molecule has 28 heavy (non-hydrogen) atoms. The predicted molar refractivity (Wildman–Crippen MR) is 107 cm³/mol. The molecule has 1 N–H and O–H groups in total. The lowest BCUT2D eigenvalue weighted by atomic mass is 9.66. The van der Waals surface area contributed by atoms with E-state index in [1.807, 2.05) is 51.1 Å². The number of rotatable bonds is 4. The number of esters is 1. The molecule has 6 heteroatoms. The average Bonchev–Trinajstić information content (AvgIpc) is 2.95. The number of benzene rings is 2. The Morgan fingerprint density at radius 1 is 1.11 bits per heavy atom. The largest absolute Gasteiger partial charge is 0.455 e. The van der Waals surface area contributed by atoms with Crippen molar-refractivity contribution in [2.24, 2.45) is 10.8 Å². The number of anilines is 1. The van der Waals surface area contributed by atoms with Crippen molar-refractivity contribution in [1.82, 2.24) is 0 Å². The molecule has 0 aromatic heterocycles. The molecular weight excluding hydrogens is 378 g/mol. The van der Waals surface area contributed by atoms with E-state index in [0.717, 1.165) is 0 Å². The summed E-state index contributed by atoms with van der Waals surface area (Å²) in [5.74, 6) is 0.431. The maximum atomic E-state index is 13.3. The zero-order chi connectivity index (χ0) is 20.2. The van der Waals surface area contributed by atoms with Crippen LogP contribution < -0.4 is 10.1 Å². The first kappa shape index (κ1) is 18.8. The van der Waals surface area contributed by atoms with Gasteiger partial charge in [-0.1, -0.05) is 43.6 Å². The first-order valence-electron chi connectivity index (χ1n) is 9.27. The summed E-state index contributed by atoms with van der Waals surface area (Å²) < 4.78 is 11.6. The number of ether oxygens (including phenoxy) is 2. The quantitative estimate of drug-likeness (QED) is 0.718. The van der Waals surface area contributed by atoms with Crippen LogP contribution in [0.2, 0.25) is 5.02 Å². The summed E-state index contributed by atoms with van der Waals surface area (Å²) in [7, 11) is 0. The van der Waals surface area contributed by atoms with E-state index in [9.17, 15) is 9.59 Å². The van der Waals surface area contributed by atoms with Crippen molar-refractivity contribution in [3.05, 3.63) is 53.6 Å². The van der Waals surface area contributed by atoms with E-state index in [2.05, 4.69) is 5.32 Å². The second-order valence-electron chi connectivity index (χ2n) is 8.18. The first-order valence-corrected chi connectivity index (χ1v) is 9.65. The lowest BCUT2D eigenvalue weighted by Crippen LogP contribution is -2.50. The standard InChI is InChI=1S/C22H22ClNO4/c1-20(2)21(3)11-12-22(20,28-19(21)26)18(25)24-16-13-14(23)9-10-17(16)27-15-7-5-4-6-8-15/h4-10,13H,11-12H2,1-3H3,(H,24,25)/t21-,22+/m1/s1. The van der Waals surface area contributed by atoms with E-state index in [1.165, 1.54) is 0 Å². The van der Waals surface area contributed by atoms with Crippen molar-refractivity contribution in [3.63, 3.8) is 0 Å². The Kier molecular flexibility index (Phi) is 4.19. The average molecular weight is 400 g/mol. The molecule has 2 aromatic carbocycles. The van der Waals surface area contributed by atoms with Crippen LogP contribution in [0.4, 0.5) is 5.69 Å². The van der Waals surface area contributed by atoms with Gasteiger partial charge in [-0.2, -0.15) is 0 Å². The molecule has 1 aliphatic carbocycles. The lowest BCUT2D eigenvalue weighted by molar-refractivity contribution is -0.165. The SMILES string of the molecule is CC1(C)[C@@]2(C(=O)Nc3cc(Cl)ccc3Oc3ccccc3)CC[C@]1(C)C(=O)O2. The van der Waals surface area contributed by atoms with E-state index in [4.69, 9.17) is 21.1 Å². The van der Waals surface area contributed by atoms with Crippen LogP contribution in [0.5, 0.6) is 11.5 Å². The van der Waals surface area contributed by atoms with Gasteiger partial charge in [0, 0.05) is 10.4 Å². The molecule has 2 aliphatic rings. The number of hydrogen-bond acceptors (Lipinski definition) is 4. The normalized spacial score (nSPS) is 27.4. The van der Waals surface area contributed by atoms with Gasteiger partial charge >= 0.3 is 5.97 Å². The third-order valence-corrected chi connectivity index (χ3v) is 6.85. The Balaban J connectivity index is 1.66. The van der Waals surface area contributed by atoms with Crippen LogP contribution in [0.1, 0.15) is 33.6 Å². The summed E-state index contributed by atoms with van der Waals surface area (Å²) >= 11 is 6.15. The van der Waals surface area contributed by atoms with Gasteiger partial charge < -0.3 is 14.8 Å². The first-order chi connectivity index (χ1) is 13.2. The van der Waals surface area contributed by atoms with Gasteiger partial charge in [0.25, 0.3) is 5.91 Å². The minimum Gasteiger partial charge on any atom is -0.455 e. The Labute approximate surface area is 169 Å². The predicted octanol–water partition coefficient (Wildman–Crippen LogP) is 5.19. The van der Waals surface area contributed by atoms with Crippen LogP contribution in [0.3, 0.4) is 0 Å². The maximum Gasteiger partial charge on any atom is 0.313 e. The van der Waals surface area contributed by atoms with Gasteiger partial charge in [-0.25, -0.2) is 0 Å². The maximum absolute atomic E-state index is 13.3. The van der Waals surface area contributed by atoms with Crippen LogP contribution in [0, 0.1) is 10.8 Å². The van der Waals surface area contributed by atoms with E-state index in [1.54, 1.807) is 18.2 Å². The molecule has 146 valence electrons. The summed E-state index contributed by atoms with van der Waals surface area (Å²) in [5, 5.41) is 3.36. The fraction of sp³-hybridized carbons (Fsp3) is 0.364. The summed E-state index contributed by atoms with van der Waals surface area (Å²) in [6.07, 6.45) is 1.11. The van der Waals surface area contributed by atoms with Crippen molar-refractivity contribution in [2.45, 2.75) is 39.2 Å².